The predicted octanol–water partition coefficient (Wildman–Crippen LogP) is 0.312. The molecule has 0 aromatic heterocycles. The summed E-state index contributed by atoms with van der Waals surface area (Å²) in [5.41, 5.74) is 0. The van der Waals surface area contributed by atoms with Crippen LogP contribution in [0.2, 0.25) is 0 Å². The number of nitrogens with one attached hydrogen (secondary N) is 1. The molecule has 1 aliphatic rings. The first-order chi connectivity index (χ1) is 3.43. The molecule has 0 unspecified atom stereocenters. The summed E-state index contributed by atoms with van der Waals surface area (Å²) in [5.74, 6) is 0. The second-order valence-electron chi connectivity index (χ2n) is 1.13. The molecule has 0 aromatic rings. The van der Waals surface area contributed by atoms with Gasteiger partial charge in [-0.1, -0.05) is 0 Å². The Hall–Kier alpha value is 0. The van der Waals surface area contributed by atoms with Gasteiger partial charge in [0.05, 0.1) is 29.4 Å². The van der Waals surface area contributed by atoms with Crippen LogP contribution in [0.15, 0.2) is 4.99 Å². The number of halogens is 1. The van der Waals surface area contributed by atoms with Gasteiger partial charge >= 0.3 is 0 Å². The van der Waals surface area contributed by atoms with E-state index >= 15 is 0 Å². The summed E-state index contributed by atoms with van der Waals surface area (Å²) in [5, 5.41) is 0. The predicted molar refractivity (Wildman–Crippen MR) is 35.4 cm³/mol. The van der Waals surface area contributed by atoms with Crippen molar-refractivity contribution in [2.45, 2.75) is 0 Å². The number of rotatable bonds is 0. The van der Waals surface area contributed by atoms with Crippen molar-refractivity contribution in [3.63, 3.8) is 0 Å². The minimum Gasteiger partial charge on any atom is -0.463 e. The van der Waals surface area contributed by atoms with Gasteiger partial charge < -0.3 is 4.74 Å². The van der Waals surface area contributed by atoms with Crippen molar-refractivity contribution in [1.82, 2.24) is 3.53 Å². The molecular weight excluding hydrogens is 207 g/mol. The molecule has 1 rings (SSSR count). The molecule has 0 amide bonds. The van der Waals surface area contributed by atoms with Gasteiger partial charge in [0.15, 0.2) is 0 Å². The maximum absolute atomic E-state index is 4.93. The van der Waals surface area contributed by atoms with Crippen molar-refractivity contribution in [2.75, 3.05) is 13.2 Å². The molecule has 0 fully saturated rings. The van der Waals surface area contributed by atoms with Crippen LogP contribution in [0.3, 0.4) is 0 Å². The van der Waals surface area contributed by atoms with Gasteiger partial charge in [0.1, 0.15) is 6.61 Å². The van der Waals surface area contributed by atoms with E-state index in [1.807, 2.05) is 22.9 Å². The molecule has 1 heterocycles. The summed E-state index contributed by atoms with van der Waals surface area (Å²) in [6, 6.07) is 0.653. The van der Waals surface area contributed by atoms with E-state index < -0.39 is 0 Å². The molecule has 3 nitrogen and oxygen atoms in total. The SMILES string of the molecule is INC1=NCCO1. The molecule has 1 aliphatic heterocycles. The molecule has 1 N–H and O–H groups in total. The lowest BCUT2D eigenvalue weighted by Gasteiger charge is -1.92. The van der Waals surface area contributed by atoms with E-state index in [0.717, 1.165) is 13.2 Å². The molecule has 4 heteroatoms. The van der Waals surface area contributed by atoms with E-state index in [0.29, 0.717) is 6.02 Å². The van der Waals surface area contributed by atoms with Crippen molar-refractivity contribution in [3.8, 4) is 0 Å². The lowest BCUT2D eigenvalue weighted by molar-refractivity contribution is 0.340. The fourth-order valence-corrected chi connectivity index (χ4v) is 0.719. The van der Waals surface area contributed by atoms with Crippen molar-refractivity contribution < 1.29 is 4.74 Å². The number of amidine groups is 1. The minimum atomic E-state index is 0.653. The van der Waals surface area contributed by atoms with E-state index in [1.165, 1.54) is 0 Å². The monoisotopic (exact) mass is 212 g/mol. The molecule has 0 bridgehead atoms. The Morgan fingerprint density at radius 1 is 1.86 bits per heavy atom. The molecule has 0 aromatic carbocycles. The van der Waals surface area contributed by atoms with Gasteiger partial charge in [0.2, 0.25) is 0 Å². The van der Waals surface area contributed by atoms with Crippen molar-refractivity contribution in [1.29, 1.82) is 0 Å². The first kappa shape index (κ1) is 5.14. The Bertz CT molecular complexity index is 92.9. The van der Waals surface area contributed by atoms with Gasteiger partial charge in [-0.2, -0.15) is 0 Å². The van der Waals surface area contributed by atoms with Gasteiger partial charge in [0, 0.05) is 0 Å². The van der Waals surface area contributed by atoms with Crippen LogP contribution in [0.5, 0.6) is 0 Å². The maximum atomic E-state index is 4.93. The van der Waals surface area contributed by atoms with Crippen LogP contribution in [-0.4, -0.2) is 19.2 Å². The highest BCUT2D eigenvalue weighted by atomic mass is 127. The lowest BCUT2D eigenvalue weighted by Crippen LogP contribution is -2.10. The van der Waals surface area contributed by atoms with Gasteiger partial charge in [-0.25, -0.2) is 4.99 Å². The molecule has 7 heavy (non-hydrogen) atoms. The Morgan fingerprint density at radius 3 is 3.00 bits per heavy atom. The summed E-state index contributed by atoms with van der Waals surface area (Å²) < 4.78 is 7.70. The van der Waals surface area contributed by atoms with Crippen LogP contribution in [0.1, 0.15) is 0 Å². The second-order valence-corrected chi connectivity index (χ2v) is 1.67. The molecule has 0 saturated carbocycles. The zero-order valence-corrected chi connectivity index (χ0v) is 5.81. The van der Waals surface area contributed by atoms with Crippen LogP contribution < -0.4 is 3.53 Å². The number of aliphatic imine (C=N–C) groups is 1. The molecule has 0 spiro atoms. The van der Waals surface area contributed by atoms with Gasteiger partial charge in [-0.15, -0.1) is 0 Å². The van der Waals surface area contributed by atoms with Crippen LogP contribution in [0, 0.1) is 0 Å². The summed E-state index contributed by atoms with van der Waals surface area (Å²) in [7, 11) is 0. The second kappa shape index (κ2) is 2.34. The average molecular weight is 212 g/mol. The standard InChI is InChI=1S/C3H5IN2O/c4-6-3-5-1-2-7-3/h1-2H2,(H,5,6). The minimum absolute atomic E-state index is 0.653. The van der Waals surface area contributed by atoms with Crippen molar-refractivity contribution >= 4 is 28.9 Å². The molecular formula is C3H5IN2O. The average Bonchev–Trinajstić information content (AvgIpc) is 2.14. The first-order valence-electron chi connectivity index (χ1n) is 1.97. The molecule has 0 saturated heterocycles. The number of hydrogen-bond acceptors (Lipinski definition) is 3. The summed E-state index contributed by atoms with van der Waals surface area (Å²) in [6.07, 6.45) is 0. The molecule has 0 atom stereocenters. The normalized spacial score (nSPS) is 18.1. The van der Waals surface area contributed by atoms with E-state index in [-0.39, 0.29) is 0 Å². The fraction of sp³-hybridized carbons (Fsp3) is 0.667. The number of ether oxygens (including phenoxy) is 1. The Kier molecular flexibility index (Phi) is 1.72. The van der Waals surface area contributed by atoms with Crippen LogP contribution >= 0.6 is 22.9 Å². The van der Waals surface area contributed by atoms with Crippen molar-refractivity contribution in [2.24, 2.45) is 4.99 Å². The number of nitrogens with zero attached hydrogens (tertiary/aromatic N) is 1. The quantitative estimate of drug-likeness (QED) is 0.463. The molecule has 0 radical (unpaired) electrons. The zero-order valence-electron chi connectivity index (χ0n) is 3.65. The third-order valence-electron chi connectivity index (χ3n) is 0.666. The lowest BCUT2D eigenvalue weighted by atomic mass is 10.8. The highest BCUT2D eigenvalue weighted by molar-refractivity contribution is 14.1. The Labute approximate surface area is 55.6 Å². The Balaban J connectivity index is 2.36. The Morgan fingerprint density at radius 2 is 2.71 bits per heavy atom. The highest BCUT2D eigenvalue weighted by Crippen LogP contribution is 1.90. The number of hydrogen-bond donors (Lipinski definition) is 1. The third-order valence-corrected chi connectivity index (χ3v) is 1.13. The summed E-state index contributed by atoms with van der Waals surface area (Å²) >= 11 is 1.98. The third kappa shape index (κ3) is 1.19. The highest BCUT2D eigenvalue weighted by Gasteiger charge is 2.01. The largest absolute Gasteiger partial charge is 0.463 e. The van der Waals surface area contributed by atoms with Gasteiger partial charge in [-0.3, -0.25) is 3.53 Å². The molecule has 40 valence electrons. The smallest absolute Gasteiger partial charge is 0.293 e. The summed E-state index contributed by atoms with van der Waals surface area (Å²) in [6.45, 7) is 1.52. The van der Waals surface area contributed by atoms with Crippen LogP contribution in [0.25, 0.3) is 0 Å². The summed E-state index contributed by atoms with van der Waals surface area (Å²) in [4.78, 5) is 3.93. The van der Waals surface area contributed by atoms with Gasteiger partial charge in [-0.05, 0) is 0 Å². The van der Waals surface area contributed by atoms with E-state index in [1.54, 1.807) is 0 Å². The topological polar surface area (TPSA) is 33.6 Å². The fourth-order valence-electron chi connectivity index (χ4n) is 0.392. The maximum Gasteiger partial charge on any atom is 0.293 e. The molecule has 0 aliphatic carbocycles. The van der Waals surface area contributed by atoms with Crippen LogP contribution in [0.4, 0.5) is 0 Å². The van der Waals surface area contributed by atoms with E-state index in [9.17, 15) is 0 Å². The van der Waals surface area contributed by atoms with Crippen LogP contribution in [-0.2, 0) is 4.74 Å². The zero-order chi connectivity index (χ0) is 5.11. The van der Waals surface area contributed by atoms with Crippen molar-refractivity contribution in [3.05, 3.63) is 0 Å². The van der Waals surface area contributed by atoms with E-state index in [2.05, 4.69) is 8.52 Å². The first-order valence-corrected chi connectivity index (χ1v) is 3.05. The van der Waals surface area contributed by atoms with E-state index in [4.69, 9.17) is 4.74 Å². The van der Waals surface area contributed by atoms with Gasteiger partial charge in [0.25, 0.3) is 6.02 Å².